The van der Waals surface area contributed by atoms with Gasteiger partial charge in [0.1, 0.15) is 5.02 Å². The molecule has 0 spiro atoms. The monoisotopic (exact) mass is 303 g/mol. The van der Waals surface area contributed by atoms with Gasteiger partial charge in [0.25, 0.3) is 5.56 Å². The highest BCUT2D eigenvalue weighted by Crippen LogP contribution is 2.24. The van der Waals surface area contributed by atoms with Crippen LogP contribution in [0.5, 0.6) is 0 Å². The first-order chi connectivity index (χ1) is 9.47. The lowest BCUT2D eigenvalue weighted by Crippen LogP contribution is -2.36. The Labute approximate surface area is 123 Å². The van der Waals surface area contributed by atoms with Crippen molar-refractivity contribution in [1.82, 2.24) is 9.78 Å². The van der Waals surface area contributed by atoms with Crippen molar-refractivity contribution < 1.29 is 9.84 Å². The van der Waals surface area contributed by atoms with E-state index in [0.717, 1.165) is 6.42 Å². The van der Waals surface area contributed by atoms with Gasteiger partial charge in [-0.3, -0.25) is 4.79 Å². The van der Waals surface area contributed by atoms with Gasteiger partial charge in [0.2, 0.25) is 0 Å². The third kappa shape index (κ3) is 4.19. The average Bonchev–Trinajstić information content (AvgIpc) is 2.43. The largest absolute Gasteiger partial charge is 0.396 e. The van der Waals surface area contributed by atoms with Crippen LogP contribution in [0.2, 0.25) is 5.02 Å². The van der Waals surface area contributed by atoms with Crippen LogP contribution in [0.1, 0.15) is 26.7 Å². The predicted octanol–water partition coefficient (Wildman–Crippen LogP) is 1.51. The molecular weight excluding hydrogens is 282 g/mol. The summed E-state index contributed by atoms with van der Waals surface area (Å²) < 4.78 is 6.18. The molecule has 1 atom stereocenters. The fourth-order valence-electron chi connectivity index (χ4n) is 1.79. The number of rotatable bonds is 8. The van der Waals surface area contributed by atoms with Crippen LogP contribution in [-0.4, -0.2) is 40.7 Å². The summed E-state index contributed by atoms with van der Waals surface area (Å²) >= 11 is 6.10. The molecule has 0 aliphatic heterocycles. The molecule has 0 saturated carbocycles. The zero-order valence-corrected chi connectivity index (χ0v) is 12.9. The van der Waals surface area contributed by atoms with E-state index in [4.69, 9.17) is 21.4 Å². The molecule has 1 aromatic heterocycles. The SMILES string of the molecule is CCC(C)(CCO)Nc1cnn(CCOC)c(=O)c1Cl. The van der Waals surface area contributed by atoms with Crippen LogP contribution >= 0.6 is 11.6 Å². The van der Waals surface area contributed by atoms with Crippen molar-refractivity contribution in [2.45, 2.75) is 38.8 Å². The summed E-state index contributed by atoms with van der Waals surface area (Å²) in [6.07, 6.45) is 2.88. The number of aromatic nitrogens is 2. The molecule has 0 aliphatic carbocycles. The molecular formula is C13H22ClN3O3. The fraction of sp³-hybridized carbons (Fsp3) is 0.692. The first-order valence-electron chi connectivity index (χ1n) is 6.61. The maximum Gasteiger partial charge on any atom is 0.287 e. The van der Waals surface area contributed by atoms with Gasteiger partial charge in [-0.25, -0.2) is 4.68 Å². The molecule has 1 rings (SSSR count). The summed E-state index contributed by atoms with van der Waals surface area (Å²) in [7, 11) is 1.56. The molecule has 0 fully saturated rings. The number of aliphatic hydroxyl groups is 1. The van der Waals surface area contributed by atoms with E-state index in [1.807, 2.05) is 13.8 Å². The number of hydrogen-bond donors (Lipinski definition) is 2. The second kappa shape index (κ2) is 7.61. The van der Waals surface area contributed by atoms with Gasteiger partial charge < -0.3 is 15.2 Å². The van der Waals surface area contributed by atoms with Gasteiger partial charge in [-0.05, 0) is 19.8 Å². The highest BCUT2D eigenvalue weighted by atomic mass is 35.5. The third-order valence-electron chi connectivity index (χ3n) is 3.37. The summed E-state index contributed by atoms with van der Waals surface area (Å²) in [4.78, 5) is 12.1. The molecule has 20 heavy (non-hydrogen) atoms. The smallest absolute Gasteiger partial charge is 0.287 e. The van der Waals surface area contributed by atoms with Crippen LogP contribution in [0.4, 0.5) is 5.69 Å². The molecule has 0 amide bonds. The second-order valence-electron chi connectivity index (χ2n) is 4.91. The normalized spacial score (nSPS) is 14.1. The molecule has 1 aromatic rings. The molecule has 114 valence electrons. The molecule has 0 radical (unpaired) electrons. The number of hydrogen-bond acceptors (Lipinski definition) is 5. The molecule has 1 unspecified atom stereocenters. The van der Waals surface area contributed by atoms with E-state index in [9.17, 15) is 4.79 Å². The number of methoxy groups -OCH3 is 1. The van der Waals surface area contributed by atoms with Gasteiger partial charge in [-0.2, -0.15) is 5.10 Å². The number of anilines is 1. The maximum absolute atomic E-state index is 12.1. The van der Waals surface area contributed by atoms with E-state index in [1.165, 1.54) is 10.9 Å². The van der Waals surface area contributed by atoms with Crippen LogP contribution in [0.15, 0.2) is 11.0 Å². The summed E-state index contributed by atoms with van der Waals surface area (Å²) in [5, 5.41) is 16.5. The molecule has 0 aliphatic rings. The summed E-state index contributed by atoms with van der Waals surface area (Å²) in [5.74, 6) is 0. The minimum atomic E-state index is -0.351. The van der Waals surface area contributed by atoms with E-state index in [-0.39, 0.29) is 22.7 Å². The first-order valence-corrected chi connectivity index (χ1v) is 6.99. The standard InChI is InChI=1S/C13H22ClN3O3/c1-4-13(2,5-7-18)16-10-9-15-17(6-8-20-3)12(19)11(10)14/h9,16,18H,4-8H2,1-3H3. The van der Waals surface area contributed by atoms with E-state index in [2.05, 4.69) is 10.4 Å². The van der Waals surface area contributed by atoms with Crippen LogP contribution in [0.25, 0.3) is 0 Å². The van der Waals surface area contributed by atoms with Gasteiger partial charge in [0.05, 0.1) is 25.0 Å². The van der Waals surface area contributed by atoms with Gasteiger partial charge in [0, 0.05) is 19.3 Å². The maximum atomic E-state index is 12.1. The molecule has 1 heterocycles. The number of halogens is 1. The molecule has 2 N–H and O–H groups in total. The molecule has 0 aromatic carbocycles. The number of nitrogens with zero attached hydrogens (tertiary/aromatic N) is 2. The Morgan fingerprint density at radius 3 is 2.85 bits per heavy atom. The number of ether oxygens (including phenoxy) is 1. The summed E-state index contributed by atoms with van der Waals surface area (Å²) in [5.41, 5.74) is -0.190. The number of nitrogens with one attached hydrogen (secondary N) is 1. The highest BCUT2D eigenvalue weighted by Gasteiger charge is 2.23. The Bertz CT molecular complexity index is 492. The molecule has 0 saturated heterocycles. The van der Waals surface area contributed by atoms with Crippen molar-refractivity contribution in [2.24, 2.45) is 0 Å². The van der Waals surface area contributed by atoms with Gasteiger partial charge in [0.15, 0.2) is 0 Å². The van der Waals surface area contributed by atoms with Crippen molar-refractivity contribution in [2.75, 3.05) is 25.6 Å². The quantitative estimate of drug-likeness (QED) is 0.761. The molecule has 0 bridgehead atoms. The molecule has 6 nitrogen and oxygen atoms in total. The Balaban J connectivity index is 2.98. The van der Waals surface area contributed by atoms with Crippen LogP contribution in [0.3, 0.4) is 0 Å². The van der Waals surface area contributed by atoms with E-state index in [1.54, 1.807) is 7.11 Å². The minimum absolute atomic E-state index is 0.0628. The highest BCUT2D eigenvalue weighted by molar-refractivity contribution is 6.32. The Kier molecular flexibility index (Phi) is 6.45. The van der Waals surface area contributed by atoms with Gasteiger partial charge >= 0.3 is 0 Å². The lowest BCUT2D eigenvalue weighted by molar-refractivity contribution is 0.182. The summed E-state index contributed by atoms with van der Waals surface area (Å²) in [6, 6.07) is 0. The molecule has 7 heteroatoms. The van der Waals surface area contributed by atoms with Crippen LogP contribution < -0.4 is 10.9 Å². The first kappa shape index (κ1) is 16.9. The van der Waals surface area contributed by atoms with E-state index < -0.39 is 0 Å². The Morgan fingerprint density at radius 2 is 2.30 bits per heavy atom. The summed E-state index contributed by atoms with van der Waals surface area (Å²) in [6.45, 7) is 4.79. The second-order valence-corrected chi connectivity index (χ2v) is 5.28. The van der Waals surface area contributed by atoms with E-state index >= 15 is 0 Å². The van der Waals surface area contributed by atoms with Crippen molar-refractivity contribution in [3.63, 3.8) is 0 Å². The lowest BCUT2D eigenvalue weighted by Gasteiger charge is -2.30. The third-order valence-corrected chi connectivity index (χ3v) is 3.74. The van der Waals surface area contributed by atoms with E-state index in [0.29, 0.717) is 25.3 Å². The predicted molar refractivity (Wildman–Crippen MR) is 79.4 cm³/mol. The zero-order valence-electron chi connectivity index (χ0n) is 12.1. The Morgan fingerprint density at radius 1 is 1.60 bits per heavy atom. The zero-order chi connectivity index (χ0) is 15.2. The van der Waals surface area contributed by atoms with Crippen LogP contribution in [0, 0.1) is 0 Å². The van der Waals surface area contributed by atoms with Crippen molar-refractivity contribution >= 4 is 17.3 Å². The number of aliphatic hydroxyl groups excluding tert-OH is 1. The van der Waals surface area contributed by atoms with Gasteiger partial charge in [-0.15, -0.1) is 0 Å². The lowest BCUT2D eigenvalue weighted by atomic mass is 9.94. The van der Waals surface area contributed by atoms with Crippen molar-refractivity contribution in [3.8, 4) is 0 Å². The van der Waals surface area contributed by atoms with Crippen molar-refractivity contribution in [1.29, 1.82) is 0 Å². The van der Waals surface area contributed by atoms with Crippen LogP contribution in [-0.2, 0) is 11.3 Å². The Hall–Kier alpha value is -1.11. The average molecular weight is 304 g/mol. The fourth-order valence-corrected chi connectivity index (χ4v) is 1.98. The van der Waals surface area contributed by atoms with Gasteiger partial charge in [-0.1, -0.05) is 18.5 Å². The topological polar surface area (TPSA) is 76.4 Å². The van der Waals surface area contributed by atoms with Crippen molar-refractivity contribution in [3.05, 3.63) is 21.6 Å². The minimum Gasteiger partial charge on any atom is -0.396 e.